The van der Waals surface area contributed by atoms with E-state index in [0.29, 0.717) is 40.9 Å². The fourth-order valence-corrected chi connectivity index (χ4v) is 8.58. The summed E-state index contributed by atoms with van der Waals surface area (Å²) in [5.41, 5.74) is 12.4. The van der Waals surface area contributed by atoms with Gasteiger partial charge in [-0.15, -0.1) is 0 Å². The SMILES string of the molecule is Cc1cc(N)c(C=N)c(-c2c(N3CCN(CCCOCCO)CC34CCC4)nn(C3CC4(C3)CN(C(C)(C)C)C4)c2C)c1Cl. The summed E-state index contributed by atoms with van der Waals surface area (Å²) < 4.78 is 7.83. The summed E-state index contributed by atoms with van der Waals surface area (Å²) in [5, 5.41) is 23.5. The molecule has 44 heavy (non-hydrogen) atoms. The van der Waals surface area contributed by atoms with Gasteiger partial charge in [0.05, 0.1) is 29.8 Å². The molecule has 10 heteroatoms. The van der Waals surface area contributed by atoms with Crippen molar-refractivity contribution in [3.8, 4) is 11.1 Å². The molecule has 2 saturated carbocycles. The van der Waals surface area contributed by atoms with E-state index in [1.54, 1.807) is 0 Å². The Morgan fingerprint density at radius 3 is 2.48 bits per heavy atom. The van der Waals surface area contributed by atoms with Crippen molar-refractivity contribution in [1.29, 1.82) is 5.41 Å². The molecule has 4 fully saturated rings. The van der Waals surface area contributed by atoms with Gasteiger partial charge in [-0.25, -0.2) is 0 Å². The third-order valence-electron chi connectivity index (χ3n) is 11.0. The lowest BCUT2D eigenvalue weighted by molar-refractivity contribution is -0.127. The lowest BCUT2D eigenvalue weighted by Gasteiger charge is -2.62. The number of piperazine rings is 1. The van der Waals surface area contributed by atoms with Crippen molar-refractivity contribution in [3.05, 3.63) is 27.9 Å². The van der Waals surface area contributed by atoms with E-state index in [0.717, 1.165) is 86.5 Å². The molecule has 0 amide bonds. The third kappa shape index (κ3) is 5.46. The average Bonchev–Trinajstić information content (AvgIpc) is 3.23. The second-order valence-electron chi connectivity index (χ2n) is 15.0. The van der Waals surface area contributed by atoms with Crippen LogP contribution in [0.5, 0.6) is 0 Å². The van der Waals surface area contributed by atoms with Crippen molar-refractivity contribution in [2.75, 3.05) is 69.7 Å². The fourth-order valence-electron chi connectivity index (χ4n) is 8.33. The molecule has 242 valence electrons. The monoisotopic (exact) mass is 625 g/mol. The Balaban J connectivity index is 1.34. The van der Waals surface area contributed by atoms with E-state index < -0.39 is 0 Å². The van der Waals surface area contributed by atoms with Crippen LogP contribution in [0, 0.1) is 24.7 Å². The fraction of sp³-hybridized carbons (Fsp3) is 0.706. The molecule has 2 saturated heterocycles. The van der Waals surface area contributed by atoms with Crippen molar-refractivity contribution < 1.29 is 9.84 Å². The third-order valence-corrected chi connectivity index (χ3v) is 11.5. The highest BCUT2D eigenvalue weighted by atomic mass is 35.5. The van der Waals surface area contributed by atoms with E-state index in [9.17, 15) is 0 Å². The highest BCUT2D eigenvalue weighted by molar-refractivity contribution is 6.35. The molecular weight excluding hydrogens is 574 g/mol. The number of hydrogen-bond donors (Lipinski definition) is 3. The van der Waals surface area contributed by atoms with Gasteiger partial charge in [0, 0.05) is 85.7 Å². The smallest absolute Gasteiger partial charge is 0.159 e. The molecule has 1 aromatic carbocycles. The number of hydrogen-bond acceptors (Lipinski definition) is 8. The maximum atomic E-state index is 9.02. The van der Waals surface area contributed by atoms with Gasteiger partial charge in [0.15, 0.2) is 5.82 Å². The molecule has 2 aliphatic heterocycles. The summed E-state index contributed by atoms with van der Waals surface area (Å²) in [5.74, 6) is 1.01. The number of nitrogens with one attached hydrogen (secondary N) is 1. The van der Waals surface area contributed by atoms with Crippen LogP contribution in [0.1, 0.15) is 82.2 Å². The number of rotatable bonds is 10. The first-order valence-electron chi connectivity index (χ1n) is 16.5. The van der Waals surface area contributed by atoms with Gasteiger partial charge in [-0.05, 0) is 90.2 Å². The predicted octanol–water partition coefficient (Wildman–Crippen LogP) is 5.28. The normalized spacial score (nSPS) is 21.8. The quantitative estimate of drug-likeness (QED) is 0.187. The first-order chi connectivity index (χ1) is 20.9. The molecule has 6 rings (SSSR count). The summed E-state index contributed by atoms with van der Waals surface area (Å²) in [6.45, 7) is 18.5. The minimum absolute atomic E-state index is 0.0410. The van der Waals surface area contributed by atoms with E-state index in [1.165, 1.54) is 25.7 Å². The van der Waals surface area contributed by atoms with Crippen molar-refractivity contribution >= 4 is 29.3 Å². The zero-order chi connectivity index (χ0) is 31.4. The number of ether oxygens (including phenoxy) is 1. The summed E-state index contributed by atoms with van der Waals surface area (Å²) in [6.07, 6.45) is 8.14. The Morgan fingerprint density at radius 2 is 1.86 bits per heavy atom. The Morgan fingerprint density at radius 1 is 1.14 bits per heavy atom. The molecule has 2 aliphatic carbocycles. The molecule has 2 spiro atoms. The maximum absolute atomic E-state index is 9.02. The van der Waals surface area contributed by atoms with Crippen LogP contribution < -0.4 is 10.6 Å². The highest BCUT2D eigenvalue weighted by Gasteiger charge is 2.56. The Hall–Kier alpha value is -2.17. The van der Waals surface area contributed by atoms with Crippen molar-refractivity contribution in [3.63, 3.8) is 0 Å². The number of halogens is 1. The van der Waals surface area contributed by atoms with E-state index in [4.69, 9.17) is 37.7 Å². The number of aliphatic hydroxyl groups is 1. The number of anilines is 2. The Bertz CT molecular complexity index is 1380. The summed E-state index contributed by atoms with van der Waals surface area (Å²) in [6, 6.07) is 2.25. The number of aromatic nitrogens is 2. The van der Waals surface area contributed by atoms with Crippen LogP contribution in [0.3, 0.4) is 0 Å². The van der Waals surface area contributed by atoms with Crippen LogP contribution in [0.4, 0.5) is 11.5 Å². The van der Waals surface area contributed by atoms with Gasteiger partial charge in [0.1, 0.15) is 0 Å². The van der Waals surface area contributed by atoms with Gasteiger partial charge in [0.2, 0.25) is 0 Å². The molecule has 2 aromatic rings. The summed E-state index contributed by atoms with van der Waals surface area (Å²) in [4.78, 5) is 7.77. The molecule has 4 aliphatic rings. The van der Waals surface area contributed by atoms with Gasteiger partial charge < -0.3 is 25.9 Å². The minimum Gasteiger partial charge on any atom is -0.398 e. The molecule has 4 N–H and O–H groups in total. The number of nitrogens with zero attached hydrogens (tertiary/aromatic N) is 5. The molecule has 3 heterocycles. The van der Waals surface area contributed by atoms with E-state index in [2.05, 4.69) is 47.1 Å². The number of aliphatic hydroxyl groups excluding tert-OH is 1. The largest absolute Gasteiger partial charge is 0.398 e. The first-order valence-corrected chi connectivity index (χ1v) is 16.9. The van der Waals surface area contributed by atoms with Crippen molar-refractivity contribution in [2.24, 2.45) is 5.41 Å². The summed E-state index contributed by atoms with van der Waals surface area (Å²) in [7, 11) is 0. The first kappa shape index (κ1) is 31.8. The van der Waals surface area contributed by atoms with Gasteiger partial charge in [-0.1, -0.05) is 11.6 Å². The van der Waals surface area contributed by atoms with E-state index in [1.807, 2.05) is 13.0 Å². The highest BCUT2D eigenvalue weighted by Crippen LogP contribution is 2.57. The molecule has 0 unspecified atom stereocenters. The number of aryl methyl sites for hydroxylation is 1. The number of benzene rings is 1. The van der Waals surface area contributed by atoms with Crippen LogP contribution in [-0.2, 0) is 4.74 Å². The Labute approximate surface area is 268 Å². The van der Waals surface area contributed by atoms with Crippen LogP contribution in [-0.4, -0.2) is 101 Å². The van der Waals surface area contributed by atoms with Gasteiger partial charge in [0.25, 0.3) is 0 Å². The van der Waals surface area contributed by atoms with Crippen LogP contribution >= 0.6 is 11.6 Å². The van der Waals surface area contributed by atoms with Crippen molar-refractivity contribution in [2.45, 2.75) is 90.3 Å². The standard InChI is InChI=1S/C34H52ClN7O2/c1-23-16-27(37)26(19-36)29(30(23)35)28-24(2)42(25-17-33(18-25)20-40(21-33)32(3,4)5)38-31(28)41-12-11-39(10-7-14-44-15-13-43)22-34(41)8-6-9-34/h16,19,25,36,43H,6-15,17-18,20-22,37H2,1-5H3. The van der Waals surface area contributed by atoms with Crippen LogP contribution in [0.2, 0.25) is 5.02 Å². The van der Waals surface area contributed by atoms with Gasteiger partial charge >= 0.3 is 0 Å². The molecular formula is C34H52ClN7O2. The molecule has 0 radical (unpaired) electrons. The minimum atomic E-state index is 0.0410. The van der Waals surface area contributed by atoms with Crippen molar-refractivity contribution in [1.82, 2.24) is 19.6 Å². The van der Waals surface area contributed by atoms with Crippen LogP contribution in [0.15, 0.2) is 6.07 Å². The summed E-state index contributed by atoms with van der Waals surface area (Å²) >= 11 is 7.12. The lowest BCUT2D eigenvalue weighted by Crippen LogP contribution is -2.67. The average molecular weight is 626 g/mol. The maximum Gasteiger partial charge on any atom is 0.159 e. The van der Waals surface area contributed by atoms with E-state index in [-0.39, 0.29) is 17.7 Å². The Kier molecular flexibility index (Phi) is 8.59. The molecule has 0 bridgehead atoms. The van der Waals surface area contributed by atoms with Gasteiger partial charge in [-0.3, -0.25) is 14.5 Å². The van der Waals surface area contributed by atoms with E-state index >= 15 is 0 Å². The molecule has 1 aromatic heterocycles. The number of nitrogens with two attached hydrogens (primary N) is 1. The topological polar surface area (TPSA) is 107 Å². The zero-order valence-electron chi connectivity index (χ0n) is 27.4. The predicted molar refractivity (Wildman–Crippen MR) is 179 cm³/mol. The molecule has 0 atom stereocenters. The number of nitrogen functional groups attached to an aromatic ring is 1. The lowest BCUT2D eigenvalue weighted by atomic mass is 9.59. The second kappa shape index (κ2) is 11.9. The molecule has 9 nitrogen and oxygen atoms in total. The number of likely N-dealkylation sites (tertiary alicyclic amines) is 1. The zero-order valence-corrected chi connectivity index (χ0v) is 28.1. The second-order valence-corrected chi connectivity index (χ2v) is 15.4. The van der Waals surface area contributed by atoms with Crippen LogP contribution in [0.25, 0.3) is 11.1 Å². The van der Waals surface area contributed by atoms with Gasteiger partial charge in [-0.2, -0.15) is 5.10 Å².